The Bertz CT molecular complexity index is 1380. The highest BCUT2D eigenvalue weighted by atomic mass is 32.1. The summed E-state index contributed by atoms with van der Waals surface area (Å²) < 4.78 is 42.8. The quantitative estimate of drug-likeness (QED) is 0.255. The standard InChI is InChI=1S/C29H31F3N6OS/c1-4-13-35-27(40)37(18-23-7-5-6-8-25(23)29(30,31)32)19-28(2,3)36-26(39)14-24-16-34-20-38(24)17-22-11-9-21(15-33)10-12-22/h4-12,16,20H,1,13-14,17-19H2,2-3H3,(H,35,40)(H,36,39). The Balaban J connectivity index is 1.71. The molecule has 0 aliphatic heterocycles. The van der Waals surface area contributed by atoms with Gasteiger partial charge in [-0.1, -0.05) is 36.4 Å². The van der Waals surface area contributed by atoms with E-state index in [1.807, 2.05) is 16.7 Å². The lowest BCUT2D eigenvalue weighted by atomic mass is 10.0. The van der Waals surface area contributed by atoms with Gasteiger partial charge in [0.05, 0.1) is 35.5 Å². The van der Waals surface area contributed by atoms with Crippen molar-refractivity contribution in [1.29, 1.82) is 5.26 Å². The fraction of sp³-hybridized carbons (Fsp3) is 0.310. The molecule has 0 atom stereocenters. The number of hydrogen-bond donors (Lipinski definition) is 2. The van der Waals surface area contributed by atoms with E-state index in [0.29, 0.717) is 24.3 Å². The molecule has 0 bridgehead atoms. The molecule has 1 aromatic heterocycles. The molecule has 40 heavy (non-hydrogen) atoms. The number of alkyl halides is 3. The van der Waals surface area contributed by atoms with Crippen LogP contribution < -0.4 is 10.6 Å². The van der Waals surface area contributed by atoms with Gasteiger partial charge >= 0.3 is 6.18 Å². The van der Waals surface area contributed by atoms with Crippen LogP contribution in [0.2, 0.25) is 0 Å². The van der Waals surface area contributed by atoms with Crippen molar-refractivity contribution >= 4 is 23.2 Å². The van der Waals surface area contributed by atoms with Gasteiger partial charge in [0.25, 0.3) is 0 Å². The lowest BCUT2D eigenvalue weighted by molar-refractivity contribution is -0.138. The van der Waals surface area contributed by atoms with E-state index in [9.17, 15) is 18.0 Å². The number of amides is 1. The first kappa shape index (κ1) is 30.4. The summed E-state index contributed by atoms with van der Waals surface area (Å²) in [6.45, 7) is 8.09. The fourth-order valence-corrected chi connectivity index (χ4v) is 4.45. The van der Waals surface area contributed by atoms with Crippen LogP contribution in [0.4, 0.5) is 13.2 Å². The number of thiocarbonyl (C=S) groups is 1. The molecule has 1 amide bonds. The van der Waals surface area contributed by atoms with Gasteiger partial charge in [0.15, 0.2) is 5.11 Å². The van der Waals surface area contributed by atoms with E-state index in [-0.39, 0.29) is 36.1 Å². The minimum atomic E-state index is -4.51. The van der Waals surface area contributed by atoms with E-state index >= 15 is 0 Å². The van der Waals surface area contributed by atoms with Gasteiger partial charge in [-0.3, -0.25) is 4.79 Å². The van der Waals surface area contributed by atoms with Gasteiger partial charge in [0.2, 0.25) is 5.91 Å². The van der Waals surface area contributed by atoms with Crippen molar-refractivity contribution in [1.82, 2.24) is 25.1 Å². The number of hydrogen-bond acceptors (Lipinski definition) is 4. The first-order chi connectivity index (χ1) is 18.9. The zero-order valence-corrected chi connectivity index (χ0v) is 23.1. The maximum Gasteiger partial charge on any atom is 0.416 e. The number of benzene rings is 2. The molecule has 0 unspecified atom stereocenters. The fourth-order valence-electron chi connectivity index (χ4n) is 4.23. The molecule has 0 aliphatic carbocycles. The van der Waals surface area contributed by atoms with E-state index in [1.54, 1.807) is 55.5 Å². The number of carbonyl (C=O) groups is 1. The molecule has 0 saturated heterocycles. The van der Waals surface area contributed by atoms with Crippen molar-refractivity contribution in [3.8, 4) is 6.07 Å². The number of rotatable bonds is 11. The van der Waals surface area contributed by atoms with Gasteiger partial charge in [0, 0.05) is 38.1 Å². The van der Waals surface area contributed by atoms with Gasteiger partial charge in [-0.05, 0) is 55.4 Å². The van der Waals surface area contributed by atoms with Crippen molar-refractivity contribution in [2.75, 3.05) is 13.1 Å². The number of carbonyl (C=O) groups excluding carboxylic acids is 1. The van der Waals surface area contributed by atoms with E-state index in [2.05, 4.69) is 28.3 Å². The predicted octanol–water partition coefficient (Wildman–Crippen LogP) is 4.82. The highest BCUT2D eigenvalue weighted by Crippen LogP contribution is 2.32. The summed E-state index contributed by atoms with van der Waals surface area (Å²) in [6.07, 6.45) is 0.390. The van der Waals surface area contributed by atoms with Crippen molar-refractivity contribution < 1.29 is 18.0 Å². The highest BCUT2D eigenvalue weighted by molar-refractivity contribution is 7.80. The molecular weight excluding hydrogens is 537 g/mol. The Morgan fingerprint density at radius 3 is 2.55 bits per heavy atom. The number of nitriles is 1. The van der Waals surface area contributed by atoms with Crippen LogP contribution in [0.15, 0.2) is 73.7 Å². The normalized spacial score (nSPS) is 11.4. The number of aromatic nitrogens is 2. The molecule has 0 aliphatic rings. The van der Waals surface area contributed by atoms with E-state index in [0.717, 1.165) is 11.6 Å². The molecule has 210 valence electrons. The van der Waals surface area contributed by atoms with Gasteiger partial charge in [0.1, 0.15) is 0 Å². The summed E-state index contributed by atoms with van der Waals surface area (Å²) >= 11 is 5.49. The van der Waals surface area contributed by atoms with Crippen molar-refractivity contribution in [2.45, 2.75) is 45.1 Å². The molecule has 11 heteroatoms. The number of nitrogens with one attached hydrogen (secondary N) is 2. The minimum Gasteiger partial charge on any atom is -0.359 e. The number of halogens is 3. The summed E-state index contributed by atoms with van der Waals surface area (Å²) in [7, 11) is 0. The maximum absolute atomic E-state index is 13.6. The Kier molecular flexibility index (Phi) is 10.1. The third-order valence-electron chi connectivity index (χ3n) is 6.01. The molecule has 0 spiro atoms. The average Bonchev–Trinajstić information content (AvgIpc) is 3.32. The summed E-state index contributed by atoms with van der Waals surface area (Å²) in [5, 5.41) is 15.2. The Morgan fingerprint density at radius 2 is 1.90 bits per heavy atom. The highest BCUT2D eigenvalue weighted by Gasteiger charge is 2.34. The molecule has 0 fully saturated rings. The topological polar surface area (TPSA) is 86.0 Å². The molecular formula is C29H31F3N6OS. The van der Waals surface area contributed by atoms with Gasteiger partial charge in [-0.2, -0.15) is 18.4 Å². The summed E-state index contributed by atoms with van der Waals surface area (Å²) in [5.41, 5.74) is 0.704. The van der Waals surface area contributed by atoms with Crippen LogP contribution >= 0.6 is 12.2 Å². The zero-order valence-electron chi connectivity index (χ0n) is 22.3. The van der Waals surface area contributed by atoms with E-state index in [1.165, 1.54) is 12.1 Å². The first-order valence-corrected chi connectivity index (χ1v) is 12.9. The Labute approximate surface area is 237 Å². The zero-order chi connectivity index (χ0) is 29.3. The second-order valence-electron chi connectivity index (χ2n) is 9.92. The predicted molar refractivity (Wildman–Crippen MR) is 151 cm³/mol. The molecule has 3 aromatic rings. The largest absolute Gasteiger partial charge is 0.416 e. The molecule has 2 N–H and O–H groups in total. The van der Waals surface area contributed by atoms with Crippen LogP contribution in [0, 0.1) is 11.3 Å². The molecule has 0 saturated carbocycles. The van der Waals surface area contributed by atoms with Gasteiger partial charge in [-0.25, -0.2) is 4.98 Å². The van der Waals surface area contributed by atoms with E-state index in [4.69, 9.17) is 17.5 Å². The number of nitrogens with zero attached hydrogens (tertiary/aromatic N) is 4. The van der Waals surface area contributed by atoms with E-state index < -0.39 is 17.3 Å². The van der Waals surface area contributed by atoms with Crippen molar-refractivity contribution in [3.05, 3.63) is 102 Å². The lowest BCUT2D eigenvalue weighted by Gasteiger charge is -2.35. The second kappa shape index (κ2) is 13.3. The molecule has 2 aromatic carbocycles. The van der Waals surface area contributed by atoms with Crippen LogP contribution in [0.1, 0.15) is 41.8 Å². The van der Waals surface area contributed by atoms with Crippen molar-refractivity contribution in [3.63, 3.8) is 0 Å². The van der Waals surface area contributed by atoms with Crippen molar-refractivity contribution in [2.24, 2.45) is 0 Å². The summed E-state index contributed by atoms with van der Waals surface area (Å²) in [5.74, 6) is -0.271. The van der Waals surface area contributed by atoms with Crippen LogP contribution in [-0.2, 0) is 30.5 Å². The first-order valence-electron chi connectivity index (χ1n) is 12.5. The molecule has 1 heterocycles. The third-order valence-corrected chi connectivity index (χ3v) is 6.41. The molecule has 7 nitrogen and oxygen atoms in total. The molecule has 0 radical (unpaired) electrons. The third kappa shape index (κ3) is 8.68. The van der Waals surface area contributed by atoms with Crippen LogP contribution in [-0.4, -0.2) is 44.1 Å². The lowest BCUT2D eigenvalue weighted by Crippen LogP contribution is -2.54. The SMILES string of the molecule is C=CCNC(=S)N(Cc1ccccc1C(F)(F)F)CC(C)(C)NC(=O)Cc1cncn1Cc1ccc(C#N)cc1. The number of imidazole rings is 1. The Hall–Kier alpha value is -4.17. The Morgan fingerprint density at radius 1 is 1.20 bits per heavy atom. The minimum absolute atomic E-state index is 0.0514. The van der Waals surface area contributed by atoms with Gasteiger partial charge in [-0.15, -0.1) is 6.58 Å². The van der Waals surface area contributed by atoms with Gasteiger partial charge < -0.3 is 20.1 Å². The van der Waals surface area contributed by atoms with Crippen LogP contribution in [0.25, 0.3) is 0 Å². The smallest absolute Gasteiger partial charge is 0.359 e. The molecule has 3 rings (SSSR count). The monoisotopic (exact) mass is 568 g/mol. The van der Waals surface area contributed by atoms with Crippen LogP contribution in [0.3, 0.4) is 0 Å². The average molecular weight is 569 g/mol. The van der Waals surface area contributed by atoms with Crippen LogP contribution in [0.5, 0.6) is 0 Å². The second-order valence-corrected chi connectivity index (χ2v) is 10.3. The summed E-state index contributed by atoms with van der Waals surface area (Å²) in [6, 6.07) is 14.6. The maximum atomic E-state index is 13.6. The summed E-state index contributed by atoms with van der Waals surface area (Å²) in [4.78, 5) is 18.8.